The van der Waals surface area contributed by atoms with Gasteiger partial charge < -0.3 is 5.11 Å². The predicted molar refractivity (Wildman–Crippen MR) is 25.9 cm³/mol. The molecule has 0 aliphatic rings. The average molecular weight is 121 g/mol. The van der Waals surface area contributed by atoms with Gasteiger partial charge in [-0.2, -0.15) is 5.54 Å². The zero-order valence-electron chi connectivity index (χ0n) is 4.52. The van der Waals surface area contributed by atoms with Gasteiger partial charge in [0.1, 0.15) is 0 Å². The second-order valence-electron chi connectivity index (χ2n) is 1.58. The fraction of sp³-hybridized carbons (Fsp3) is 0.750. The Morgan fingerprint density at radius 3 is 2.62 bits per heavy atom. The van der Waals surface area contributed by atoms with Crippen molar-refractivity contribution in [1.29, 1.82) is 0 Å². The molecule has 0 spiro atoms. The summed E-state index contributed by atoms with van der Waals surface area (Å²) in [4.78, 5) is 9.88. The number of hydrogen-bond acceptors (Lipinski definition) is 2. The van der Waals surface area contributed by atoms with Gasteiger partial charge in [-0.1, -0.05) is 6.92 Å². The number of aliphatic carboxylic acids is 1. The van der Waals surface area contributed by atoms with Gasteiger partial charge in [-0.3, -0.25) is 4.79 Å². The zero-order chi connectivity index (χ0) is 6.57. The standard InChI is InChI=1S/C4H8FNO2/c1-3(2-6-5)4(7)8/h3,6H,2H2,1H3,(H,7,8). The van der Waals surface area contributed by atoms with E-state index < -0.39 is 11.9 Å². The number of rotatable bonds is 3. The minimum atomic E-state index is -0.991. The molecule has 1 atom stereocenters. The van der Waals surface area contributed by atoms with Crippen molar-refractivity contribution in [2.45, 2.75) is 6.92 Å². The number of carbonyl (C=O) groups is 1. The van der Waals surface area contributed by atoms with Crippen molar-refractivity contribution in [3.63, 3.8) is 0 Å². The summed E-state index contributed by atoms with van der Waals surface area (Å²) in [5, 5.41) is 8.11. The van der Waals surface area contributed by atoms with E-state index in [1.807, 2.05) is 0 Å². The molecule has 4 heteroatoms. The van der Waals surface area contributed by atoms with Gasteiger partial charge in [0.15, 0.2) is 0 Å². The Hall–Kier alpha value is -0.640. The molecule has 0 aromatic rings. The van der Waals surface area contributed by atoms with Gasteiger partial charge >= 0.3 is 5.97 Å². The first-order valence-corrected chi connectivity index (χ1v) is 2.24. The van der Waals surface area contributed by atoms with E-state index in [1.165, 1.54) is 12.5 Å². The van der Waals surface area contributed by atoms with E-state index in [0.29, 0.717) is 0 Å². The van der Waals surface area contributed by atoms with Gasteiger partial charge in [-0.25, -0.2) is 0 Å². The summed E-state index contributed by atoms with van der Waals surface area (Å²) in [6.45, 7) is 1.30. The molecular formula is C4H8FNO2. The van der Waals surface area contributed by atoms with Crippen molar-refractivity contribution in [2.24, 2.45) is 5.92 Å². The van der Waals surface area contributed by atoms with Crippen molar-refractivity contribution >= 4 is 5.97 Å². The van der Waals surface area contributed by atoms with Crippen molar-refractivity contribution < 1.29 is 14.4 Å². The number of hydrogen-bond donors (Lipinski definition) is 2. The minimum Gasteiger partial charge on any atom is -0.481 e. The highest BCUT2D eigenvalue weighted by atomic mass is 19.2. The molecule has 3 nitrogen and oxygen atoms in total. The average Bonchev–Trinajstić information content (AvgIpc) is 1.67. The Balaban J connectivity index is 3.32. The van der Waals surface area contributed by atoms with E-state index in [-0.39, 0.29) is 6.54 Å². The molecule has 0 rings (SSSR count). The quantitative estimate of drug-likeness (QED) is 0.524. The maximum atomic E-state index is 11.1. The molecule has 2 N–H and O–H groups in total. The van der Waals surface area contributed by atoms with Crippen LogP contribution in [0.15, 0.2) is 0 Å². The van der Waals surface area contributed by atoms with E-state index in [9.17, 15) is 9.28 Å². The highest BCUT2D eigenvalue weighted by Gasteiger charge is 2.08. The van der Waals surface area contributed by atoms with Crippen LogP contribution in [0.1, 0.15) is 6.92 Å². The molecule has 0 aromatic carbocycles. The molecule has 0 bridgehead atoms. The Kier molecular flexibility index (Phi) is 3.10. The van der Waals surface area contributed by atoms with E-state index in [2.05, 4.69) is 0 Å². The minimum absolute atomic E-state index is 0.130. The number of halogens is 1. The highest BCUT2D eigenvalue weighted by Crippen LogP contribution is 1.89. The molecule has 0 aliphatic heterocycles. The van der Waals surface area contributed by atoms with E-state index >= 15 is 0 Å². The molecule has 0 saturated heterocycles. The molecule has 48 valence electrons. The Morgan fingerprint density at radius 2 is 2.50 bits per heavy atom. The van der Waals surface area contributed by atoms with Crippen molar-refractivity contribution in [1.82, 2.24) is 5.54 Å². The third-order valence-corrected chi connectivity index (χ3v) is 0.805. The number of nitrogens with one attached hydrogen (secondary N) is 1. The van der Waals surface area contributed by atoms with E-state index in [0.717, 1.165) is 0 Å². The van der Waals surface area contributed by atoms with E-state index in [1.54, 1.807) is 0 Å². The Bertz CT molecular complexity index is 86.1. The fourth-order valence-corrected chi connectivity index (χ4v) is 0.203. The SMILES string of the molecule is CC(CNF)C(=O)O. The molecule has 0 aromatic heterocycles. The first kappa shape index (κ1) is 7.36. The zero-order valence-corrected chi connectivity index (χ0v) is 4.52. The maximum Gasteiger partial charge on any atom is 0.307 e. The lowest BCUT2D eigenvalue weighted by Crippen LogP contribution is -2.20. The van der Waals surface area contributed by atoms with Gasteiger partial charge in [0.2, 0.25) is 0 Å². The summed E-state index contributed by atoms with van der Waals surface area (Å²) in [5.74, 6) is -1.64. The molecule has 0 radical (unpaired) electrons. The van der Waals surface area contributed by atoms with Crippen LogP contribution in [0.5, 0.6) is 0 Å². The van der Waals surface area contributed by atoms with Gasteiger partial charge in [-0.05, 0) is 0 Å². The van der Waals surface area contributed by atoms with Crippen LogP contribution in [0, 0.1) is 5.92 Å². The highest BCUT2D eigenvalue weighted by molar-refractivity contribution is 5.69. The molecule has 0 heterocycles. The maximum absolute atomic E-state index is 11.1. The smallest absolute Gasteiger partial charge is 0.307 e. The van der Waals surface area contributed by atoms with E-state index in [4.69, 9.17) is 5.11 Å². The number of carboxylic acids is 1. The van der Waals surface area contributed by atoms with Crippen LogP contribution in [-0.2, 0) is 4.79 Å². The van der Waals surface area contributed by atoms with Crippen molar-refractivity contribution in [3.05, 3.63) is 0 Å². The second-order valence-corrected chi connectivity index (χ2v) is 1.58. The lowest BCUT2D eigenvalue weighted by Gasteiger charge is -1.99. The molecule has 0 saturated carbocycles. The number of carboxylic acid groups (broad SMARTS) is 1. The van der Waals surface area contributed by atoms with Gasteiger partial charge in [0.25, 0.3) is 0 Å². The molecule has 0 aliphatic carbocycles. The summed E-state index contributed by atoms with van der Waals surface area (Å²) in [6, 6.07) is 0. The second kappa shape index (κ2) is 3.37. The molecule has 0 fully saturated rings. The lowest BCUT2D eigenvalue weighted by molar-refractivity contribution is -0.141. The fourth-order valence-electron chi connectivity index (χ4n) is 0.203. The van der Waals surface area contributed by atoms with Crippen LogP contribution in [0.4, 0.5) is 4.48 Å². The third kappa shape index (κ3) is 2.52. The summed E-state index contributed by atoms with van der Waals surface area (Å²) >= 11 is 0. The van der Waals surface area contributed by atoms with Crippen LogP contribution in [0.25, 0.3) is 0 Å². The van der Waals surface area contributed by atoms with Crippen molar-refractivity contribution in [3.8, 4) is 0 Å². The van der Waals surface area contributed by atoms with Crippen LogP contribution in [0.3, 0.4) is 0 Å². The summed E-state index contributed by atoms with van der Waals surface area (Å²) in [6.07, 6.45) is 0. The van der Waals surface area contributed by atoms with Crippen LogP contribution in [0.2, 0.25) is 0 Å². The Morgan fingerprint density at radius 1 is 2.00 bits per heavy atom. The third-order valence-electron chi connectivity index (χ3n) is 0.805. The van der Waals surface area contributed by atoms with Gasteiger partial charge in [0, 0.05) is 6.54 Å². The van der Waals surface area contributed by atoms with Crippen LogP contribution in [-0.4, -0.2) is 17.6 Å². The molecular weight excluding hydrogens is 113 g/mol. The topological polar surface area (TPSA) is 49.3 Å². The molecule has 1 unspecified atom stereocenters. The van der Waals surface area contributed by atoms with Crippen LogP contribution >= 0.6 is 0 Å². The monoisotopic (exact) mass is 121 g/mol. The predicted octanol–water partition coefficient (Wildman–Crippen LogP) is 0.181. The first-order chi connectivity index (χ1) is 3.68. The normalized spacial score (nSPS) is 13.2. The summed E-state index contributed by atoms with van der Waals surface area (Å²) in [5.41, 5.74) is 1.27. The summed E-state index contributed by atoms with van der Waals surface area (Å²) in [7, 11) is 0. The summed E-state index contributed by atoms with van der Waals surface area (Å²) < 4.78 is 11.1. The molecule has 0 amide bonds. The lowest BCUT2D eigenvalue weighted by atomic mass is 10.2. The van der Waals surface area contributed by atoms with Gasteiger partial charge in [-0.15, -0.1) is 4.48 Å². The Labute approximate surface area is 46.4 Å². The van der Waals surface area contributed by atoms with Crippen LogP contribution < -0.4 is 5.54 Å². The first-order valence-electron chi connectivity index (χ1n) is 2.24. The molecule has 8 heavy (non-hydrogen) atoms. The largest absolute Gasteiger partial charge is 0.481 e. The van der Waals surface area contributed by atoms with Gasteiger partial charge in [0.05, 0.1) is 5.92 Å². The van der Waals surface area contributed by atoms with Crippen molar-refractivity contribution in [2.75, 3.05) is 6.54 Å².